The summed E-state index contributed by atoms with van der Waals surface area (Å²) in [6.07, 6.45) is -4.34. The second kappa shape index (κ2) is 5.44. The van der Waals surface area contributed by atoms with Gasteiger partial charge in [0.2, 0.25) is 0 Å². The number of hydrogen-bond donors (Lipinski definition) is 1. The molecular weight excluding hydrogens is 253 g/mol. The summed E-state index contributed by atoms with van der Waals surface area (Å²) in [4.78, 5) is 11.2. The van der Waals surface area contributed by atoms with E-state index in [0.717, 1.165) is 12.1 Å². The third-order valence-electron chi connectivity index (χ3n) is 2.10. The molecule has 94 valence electrons. The van der Waals surface area contributed by atoms with E-state index in [4.69, 9.17) is 5.11 Å². The number of thioether (sulfide) groups is 1. The molecule has 6 heteroatoms. The Hall–Kier alpha value is -1.17. The molecule has 0 unspecified atom stereocenters. The predicted octanol–water partition coefficient (Wildman–Crippen LogP) is 3.52. The van der Waals surface area contributed by atoms with Gasteiger partial charge in [0, 0.05) is 10.6 Å². The molecule has 1 rings (SSSR count). The Labute approximate surface area is 101 Å². The zero-order valence-corrected chi connectivity index (χ0v) is 9.81. The first-order chi connectivity index (χ1) is 7.80. The van der Waals surface area contributed by atoms with Gasteiger partial charge in [-0.25, -0.2) is 0 Å². The third-order valence-corrected chi connectivity index (χ3v) is 3.38. The van der Waals surface area contributed by atoms with E-state index in [-0.39, 0.29) is 0 Å². The second-order valence-corrected chi connectivity index (χ2v) is 4.67. The van der Waals surface area contributed by atoms with Gasteiger partial charge in [0.05, 0.1) is 11.5 Å². The molecule has 1 aromatic rings. The van der Waals surface area contributed by atoms with Crippen LogP contribution in [0.3, 0.4) is 0 Å². The molecule has 2 nitrogen and oxygen atoms in total. The Morgan fingerprint density at radius 2 is 1.88 bits per heavy atom. The lowest BCUT2D eigenvalue weighted by atomic mass is 10.2. The minimum atomic E-state index is -4.34. The quantitative estimate of drug-likeness (QED) is 0.845. The molecule has 0 aromatic heterocycles. The zero-order valence-electron chi connectivity index (χ0n) is 8.99. The lowest BCUT2D eigenvalue weighted by Crippen LogP contribution is -2.11. The highest BCUT2D eigenvalue weighted by Crippen LogP contribution is 2.31. The Morgan fingerprint density at radius 3 is 2.29 bits per heavy atom. The van der Waals surface area contributed by atoms with Crippen LogP contribution in [0.25, 0.3) is 0 Å². The van der Waals surface area contributed by atoms with Gasteiger partial charge < -0.3 is 5.11 Å². The summed E-state index contributed by atoms with van der Waals surface area (Å²) in [5.74, 6) is -1.10. The zero-order chi connectivity index (χ0) is 13.1. The van der Waals surface area contributed by atoms with Crippen LogP contribution in [0.1, 0.15) is 12.5 Å². The number of halogens is 3. The molecule has 0 aliphatic rings. The standard InChI is InChI=1S/C11H11F3O2S/c1-7(10(15)16)6-17-9-4-2-8(3-5-9)11(12,13)14/h2-5,7H,6H2,1H3,(H,15,16)/t7-/m1/s1. The summed E-state index contributed by atoms with van der Waals surface area (Å²) < 4.78 is 36.8. The molecule has 0 aliphatic carbocycles. The van der Waals surface area contributed by atoms with Crippen LogP contribution >= 0.6 is 11.8 Å². The molecule has 0 spiro atoms. The molecule has 1 atom stereocenters. The van der Waals surface area contributed by atoms with Gasteiger partial charge >= 0.3 is 12.1 Å². The molecular formula is C11H11F3O2S. The Bertz CT molecular complexity index is 387. The molecule has 0 saturated heterocycles. The highest BCUT2D eigenvalue weighted by atomic mass is 32.2. The molecule has 0 aliphatic heterocycles. The number of benzene rings is 1. The lowest BCUT2D eigenvalue weighted by Gasteiger charge is -2.08. The van der Waals surface area contributed by atoms with Crippen LogP contribution in [0.5, 0.6) is 0 Å². The summed E-state index contributed by atoms with van der Waals surface area (Å²) in [5.41, 5.74) is -0.701. The summed E-state index contributed by atoms with van der Waals surface area (Å²) in [6, 6.07) is 4.69. The molecule has 17 heavy (non-hydrogen) atoms. The second-order valence-electron chi connectivity index (χ2n) is 3.57. The van der Waals surface area contributed by atoms with Crippen LogP contribution in [0.4, 0.5) is 13.2 Å². The molecule has 1 N–H and O–H groups in total. The van der Waals surface area contributed by atoms with E-state index in [1.54, 1.807) is 6.92 Å². The minimum absolute atomic E-state index is 0.334. The van der Waals surface area contributed by atoms with E-state index in [1.165, 1.54) is 23.9 Å². The number of rotatable bonds is 4. The van der Waals surface area contributed by atoms with Gasteiger partial charge in [-0.2, -0.15) is 13.2 Å². The average Bonchev–Trinajstić information content (AvgIpc) is 2.25. The number of aliphatic carboxylic acids is 1. The fourth-order valence-electron chi connectivity index (χ4n) is 1.03. The van der Waals surface area contributed by atoms with Gasteiger partial charge in [-0.3, -0.25) is 4.79 Å². The SMILES string of the molecule is C[C@H](CSc1ccc(C(F)(F)F)cc1)C(=O)O. The number of carboxylic acid groups (broad SMARTS) is 1. The van der Waals surface area contributed by atoms with Gasteiger partial charge in [0.25, 0.3) is 0 Å². The van der Waals surface area contributed by atoms with Crippen LogP contribution in [0.15, 0.2) is 29.2 Å². The van der Waals surface area contributed by atoms with Crippen molar-refractivity contribution in [3.8, 4) is 0 Å². The van der Waals surface area contributed by atoms with Gasteiger partial charge in [-0.15, -0.1) is 11.8 Å². The predicted molar refractivity (Wildman–Crippen MR) is 59.0 cm³/mol. The Morgan fingerprint density at radius 1 is 1.35 bits per heavy atom. The van der Waals surface area contributed by atoms with Crippen molar-refractivity contribution in [2.45, 2.75) is 18.0 Å². The number of hydrogen-bond acceptors (Lipinski definition) is 2. The van der Waals surface area contributed by atoms with E-state index in [9.17, 15) is 18.0 Å². The van der Waals surface area contributed by atoms with Crippen molar-refractivity contribution in [3.05, 3.63) is 29.8 Å². The summed E-state index contributed by atoms with van der Waals surface area (Å²) in [7, 11) is 0. The Kier molecular flexibility index (Phi) is 4.45. The van der Waals surface area contributed by atoms with E-state index in [2.05, 4.69) is 0 Å². The van der Waals surface area contributed by atoms with Crippen LogP contribution in [-0.4, -0.2) is 16.8 Å². The van der Waals surface area contributed by atoms with Crippen LogP contribution in [-0.2, 0) is 11.0 Å². The largest absolute Gasteiger partial charge is 0.481 e. The van der Waals surface area contributed by atoms with Crippen molar-refractivity contribution in [2.24, 2.45) is 5.92 Å². The van der Waals surface area contributed by atoms with E-state index < -0.39 is 23.6 Å². The molecule has 0 amide bonds. The van der Waals surface area contributed by atoms with E-state index in [1.807, 2.05) is 0 Å². The smallest absolute Gasteiger partial charge is 0.416 e. The number of alkyl halides is 3. The lowest BCUT2D eigenvalue weighted by molar-refractivity contribution is -0.140. The monoisotopic (exact) mass is 264 g/mol. The topological polar surface area (TPSA) is 37.3 Å². The van der Waals surface area contributed by atoms with Crippen molar-refractivity contribution < 1.29 is 23.1 Å². The molecule has 0 fully saturated rings. The normalized spacial score (nSPS) is 13.4. The Balaban J connectivity index is 2.60. The summed E-state index contributed by atoms with van der Waals surface area (Å²) in [5, 5.41) is 8.65. The van der Waals surface area contributed by atoms with Crippen LogP contribution < -0.4 is 0 Å². The summed E-state index contributed by atoms with van der Waals surface area (Å²) >= 11 is 1.23. The molecule has 1 aromatic carbocycles. The highest BCUT2D eigenvalue weighted by molar-refractivity contribution is 7.99. The molecule has 0 heterocycles. The molecule has 0 radical (unpaired) electrons. The number of carbonyl (C=O) groups is 1. The van der Waals surface area contributed by atoms with Gasteiger partial charge in [-0.1, -0.05) is 6.92 Å². The van der Waals surface area contributed by atoms with Gasteiger partial charge in [0.1, 0.15) is 0 Å². The van der Waals surface area contributed by atoms with Gasteiger partial charge in [-0.05, 0) is 24.3 Å². The average molecular weight is 264 g/mol. The van der Waals surface area contributed by atoms with Crippen LogP contribution in [0, 0.1) is 5.92 Å². The number of carboxylic acids is 1. The van der Waals surface area contributed by atoms with Crippen molar-refractivity contribution >= 4 is 17.7 Å². The first-order valence-corrected chi connectivity index (χ1v) is 5.82. The van der Waals surface area contributed by atoms with Crippen molar-refractivity contribution in [2.75, 3.05) is 5.75 Å². The summed E-state index contributed by atoms with van der Waals surface area (Å²) in [6.45, 7) is 1.55. The first kappa shape index (κ1) is 13.9. The van der Waals surface area contributed by atoms with E-state index in [0.29, 0.717) is 10.6 Å². The third kappa shape index (κ3) is 4.30. The molecule has 0 saturated carbocycles. The van der Waals surface area contributed by atoms with Crippen LogP contribution in [0.2, 0.25) is 0 Å². The highest BCUT2D eigenvalue weighted by Gasteiger charge is 2.29. The van der Waals surface area contributed by atoms with Crippen molar-refractivity contribution in [1.29, 1.82) is 0 Å². The van der Waals surface area contributed by atoms with Crippen molar-refractivity contribution in [1.82, 2.24) is 0 Å². The maximum absolute atomic E-state index is 12.3. The van der Waals surface area contributed by atoms with Gasteiger partial charge in [0.15, 0.2) is 0 Å². The minimum Gasteiger partial charge on any atom is -0.481 e. The van der Waals surface area contributed by atoms with E-state index >= 15 is 0 Å². The maximum Gasteiger partial charge on any atom is 0.416 e. The fraction of sp³-hybridized carbons (Fsp3) is 0.364. The first-order valence-electron chi connectivity index (χ1n) is 4.83. The maximum atomic E-state index is 12.3. The molecule has 0 bridgehead atoms. The van der Waals surface area contributed by atoms with Crippen molar-refractivity contribution in [3.63, 3.8) is 0 Å². The fourth-order valence-corrected chi connectivity index (χ4v) is 1.95.